The zero-order valence-electron chi connectivity index (χ0n) is 12.0. The summed E-state index contributed by atoms with van der Waals surface area (Å²) < 4.78 is 1.74. The maximum absolute atomic E-state index is 11.3. The van der Waals surface area contributed by atoms with E-state index >= 15 is 0 Å². The molecule has 0 spiro atoms. The van der Waals surface area contributed by atoms with Gasteiger partial charge >= 0.3 is 0 Å². The molecular weight excluding hydrogens is 274 g/mol. The van der Waals surface area contributed by atoms with Crippen molar-refractivity contribution >= 4 is 22.2 Å². The Morgan fingerprint density at radius 2 is 1.82 bits per heavy atom. The van der Waals surface area contributed by atoms with Gasteiger partial charge in [0.2, 0.25) is 5.82 Å². The second-order valence-electron chi connectivity index (χ2n) is 5.37. The quantitative estimate of drug-likeness (QED) is 0.494. The van der Waals surface area contributed by atoms with Gasteiger partial charge < -0.3 is 0 Å². The lowest BCUT2D eigenvalue weighted by molar-refractivity contribution is 1.14. The van der Waals surface area contributed by atoms with Gasteiger partial charge in [-0.3, -0.25) is 4.40 Å². The Kier molecular flexibility index (Phi) is 2.76. The van der Waals surface area contributed by atoms with Crippen LogP contribution in [0.1, 0.15) is 5.56 Å². The summed E-state index contributed by atoms with van der Waals surface area (Å²) >= 11 is 0. The van der Waals surface area contributed by atoms with Gasteiger partial charge in [-0.1, -0.05) is 42.5 Å². The van der Waals surface area contributed by atoms with Crippen LogP contribution in [0.4, 0.5) is 5.82 Å². The zero-order chi connectivity index (χ0) is 15.1. The summed E-state index contributed by atoms with van der Waals surface area (Å²) in [5.74, 6) is 0.342. The normalized spacial score (nSPS) is 11.1. The van der Waals surface area contributed by atoms with Crippen LogP contribution in [0.2, 0.25) is 0 Å². The first-order valence-corrected chi connectivity index (χ1v) is 7.07. The van der Waals surface area contributed by atoms with Gasteiger partial charge in [-0.05, 0) is 40.6 Å². The Balaban J connectivity index is 2.00. The van der Waals surface area contributed by atoms with Crippen molar-refractivity contribution < 1.29 is 0 Å². The SMILES string of the molecule is Cc1ccc2nc(-c3ccc4ccccc4c3)c(N=O)n2c1. The molecule has 2 aromatic heterocycles. The number of nitrogens with zero attached hydrogens (tertiary/aromatic N) is 3. The van der Waals surface area contributed by atoms with Crippen LogP contribution < -0.4 is 0 Å². The molecule has 0 atom stereocenters. The van der Waals surface area contributed by atoms with Crippen molar-refractivity contribution in [3.8, 4) is 11.3 Å². The molecule has 106 valence electrons. The number of pyridine rings is 1. The van der Waals surface area contributed by atoms with Crippen molar-refractivity contribution in [2.24, 2.45) is 5.18 Å². The highest BCUT2D eigenvalue weighted by Gasteiger charge is 2.15. The van der Waals surface area contributed by atoms with Gasteiger partial charge in [0.25, 0.3) is 0 Å². The average Bonchev–Trinajstić information content (AvgIpc) is 2.92. The first-order valence-electron chi connectivity index (χ1n) is 7.07. The van der Waals surface area contributed by atoms with Crippen molar-refractivity contribution in [3.63, 3.8) is 0 Å². The zero-order valence-corrected chi connectivity index (χ0v) is 12.0. The van der Waals surface area contributed by atoms with Crippen molar-refractivity contribution in [1.29, 1.82) is 0 Å². The van der Waals surface area contributed by atoms with E-state index in [1.807, 2.05) is 61.7 Å². The molecule has 0 bridgehead atoms. The summed E-state index contributed by atoms with van der Waals surface area (Å²) in [6.45, 7) is 1.98. The second kappa shape index (κ2) is 4.77. The van der Waals surface area contributed by atoms with E-state index in [1.54, 1.807) is 4.40 Å². The number of imidazole rings is 1. The van der Waals surface area contributed by atoms with Crippen LogP contribution in [-0.4, -0.2) is 9.38 Å². The Hall–Kier alpha value is -3.01. The van der Waals surface area contributed by atoms with Crippen molar-refractivity contribution in [1.82, 2.24) is 9.38 Å². The summed E-state index contributed by atoms with van der Waals surface area (Å²) in [5, 5.41) is 5.48. The molecule has 0 aliphatic rings. The highest BCUT2D eigenvalue weighted by atomic mass is 16.3. The standard InChI is InChI=1S/C18H13N3O/c1-12-6-9-16-19-17(18(20-22)21(16)11-12)15-8-7-13-4-2-3-5-14(13)10-15/h2-11H,1H3. The minimum atomic E-state index is 0.342. The van der Waals surface area contributed by atoms with E-state index in [4.69, 9.17) is 0 Å². The van der Waals surface area contributed by atoms with Crippen LogP contribution in [0.5, 0.6) is 0 Å². The molecular formula is C18H13N3O. The summed E-state index contributed by atoms with van der Waals surface area (Å²) in [6, 6.07) is 18.0. The first-order chi connectivity index (χ1) is 10.8. The Bertz CT molecular complexity index is 1020. The highest BCUT2D eigenvalue weighted by molar-refractivity contribution is 5.88. The summed E-state index contributed by atoms with van der Waals surface area (Å²) in [7, 11) is 0. The van der Waals surface area contributed by atoms with Gasteiger partial charge in [0.1, 0.15) is 11.3 Å². The molecule has 4 rings (SSSR count). The summed E-state index contributed by atoms with van der Waals surface area (Å²) in [5.41, 5.74) is 3.30. The lowest BCUT2D eigenvalue weighted by Gasteiger charge is -2.01. The van der Waals surface area contributed by atoms with Crippen molar-refractivity contribution in [2.45, 2.75) is 6.92 Å². The number of benzene rings is 2. The van der Waals surface area contributed by atoms with Gasteiger partial charge in [-0.25, -0.2) is 4.98 Å². The Morgan fingerprint density at radius 3 is 2.64 bits per heavy atom. The number of aryl methyl sites for hydroxylation is 1. The van der Waals surface area contributed by atoms with Gasteiger partial charge in [0.05, 0.1) is 0 Å². The van der Waals surface area contributed by atoms with E-state index in [-0.39, 0.29) is 0 Å². The third-order valence-electron chi connectivity index (χ3n) is 3.85. The largest absolute Gasteiger partial charge is 0.281 e. The molecule has 4 nitrogen and oxygen atoms in total. The molecule has 2 heterocycles. The molecule has 0 unspecified atom stereocenters. The minimum Gasteiger partial charge on any atom is -0.281 e. The molecule has 0 amide bonds. The Labute approximate surface area is 127 Å². The number of rotatable bonds is 2. The summed E-state index contributed by atoms with van der Waals surface area (Å²) in [6.07, 6.45) is 1.88. The van der Waals surface area contributed by atoms with Crippen molar-refractivity contribution in [3.05, 3.63) is 71.3 Å². The van der Waals surface area contributed by atoms with Crippen LogP contribution in [0.15, 0.2) is 66.0 Å². The fraction of sp³-hybridized carbons (Fsp3) is 0.0556. The molecule has 0 radical (unpaired) electrons. The topological polar surface area (TPSA) is 46.7 Å². The van der Waals surface area contributed by atoms with E-state index in [9.17, 15) is 4.91 Å². The van der Waals surface area contributed by atoms with Gasteiger partial charge in [-0.2, -0.15) is 0 Å². The lowest BCUT2D eigenvalue weighted by atomic mass is 10.1. The lowest BCUT2D eigenvalue weighted by Crippen LogP contribution is -1.84. The van der Waals surface area contributed by atoms with E-state index < -0.39 is 0 Å². The van der Waals surface area contributed by atoms with Crippen LogP contribution in [0.3, 0.4) is 0 Å². The molecule has 0 saturated carbocycles. The average molecular weight is 287 g/mol. The van der Waals surface area contributed by atoms with E-state index in [0.29, 0.717) is 11.5 Å². The number of fused-ring (bicyclic) bond motifs is 2. The van der Waals surface area contributed by atoms with Gasteiger partial charge in [0.15, 0.2) is 0 Å². The van der Waals surface area contributed by atoms with Crippen LogP contribution in [0.25, 0.3) is 27.7 Å². The molecule has 22 heavy (non-hydrogen) atoms. The van der Waals surface area contributed by atoms with E-state index in [1.165, 1.54) is 0 Å². The smallest absolute Gasteiger partial charge is 0.209 e. The number of nitroso groups, excluding NO2 is 1. The van der Waals surface area contributed by atoms with Crippen molar-refractivity contribution in [2.75, 3.05) is 0 Å². The predicted octanol–water partition coefficient (Wildman–Crippen LogP) is 4.86. The maximum Gasteiger partial charge on any atom is 0.209 e. The predicted molar refractivity (Wildman–Crippen MR) is 88.3 cm³/mol. The van der Waals surface area contributed by atoms with E-state index in [2.05, 4.69) is 16.2 Å². The number of hydrogen-bond donors (Lipinski definition) is 0. The van der Waals surface area contributed by atoms with Gasteiger partial charge in [0, 0.05) is 11.8 Å². The molecule has 0 N–H and O–H groups in total. The van der Waals surface area contributed by atoms with Crippen LogP contribution in [0, 0.1) is 11.8 Å². The highest BCUT2D eigenvalue weighted by Crippen LogP contribution is 2.32. The van der Waals surface area contributed by atoms with Crippen LogP contribution in [-0.2, 0) is 0 Å². The van der Waals surface area contributed by atoms with Crippen LogP contribution >= 0.6 is 0 Å². The maximum atomic E-state index is 11.3. The second-order valence-corrected chi connectivity index (χ2v) is 5.37. The number of aromatic nitrogens is 2. The molecule has 2 aromatic carbocycles. The molecule has 0 saturated heterocycles. The Morgan fingerprint density at radius 1 is 1.00 bits per heavy atom. The third-order valence-corrected chi connectivity index (χ3v) is 3.85. The van der Waals surface area contributed by atoms with Gasteiger partial charge in [-0.15, -0.1) is 4.91 Å². The molecule has 0 fully saturated rings. The molecule has 4 heteroatoms. The summed E-state index contributed by atoms with van der Waals surface area (Å²) in [4.78, 5) is 15.9. The molecule has 0 aliphatic heterocycles. The third kappa shape index (κ3) is 1.89. The monoisotopic (exact) mass is 287 g/mol. The van der Waals surface area contributed by atoms with E-state index in [0.717, 1.165) is 27.5 Å². The fourth-order valence-electron chi connectivity index (χ4n) is 2.76. The number of hydrogen-bond acceptors (Lipinski definition) is 3. The first kappa shape index (κ1) is 12.7. The fourth-order valence-corrected chi connectivity index (χ4v) is 2.76. The molecule has 0 aliphatic carbocycles. The minimum absolute atomic E-state index is 0.342. The molecule has 4 aromatic rings.